The molecular formula is C26H25F3N4O. The normalized spacial score (nSPS) is 18.0. The van der Waals surface area contributed by atoms with Crippen LogP contribution in [0.3, 0.4) is 0 Å². The van der Waals surface area contributed by atoms with E-state index in [0.29, 0.717) is 29.1 Å². The van der Waals surface area contributed by atoms with Gasteiger partial charge in [0.15, 0.2) is 0 Å². The number of nitrogens with zero attached hydrogens (tertiary/aromatic N) is 3. The van der Waals surface area contributed by atoms with Crippen molar-refractivity contribution in [3.05, 3.63) is 77.1 Å². The number of carbonyl (C=O) groups is 1. The van der Waals surface area contributed by atoms with Gasteiger partial charge in [0, 0.05) is 18.7 Å². The fourth-order valence-electron chi connectivity index (χ4n) is 4.71. The van der Waals surface area contributed by atoms with Crippen molar-refractivity contribution in [1.82, 2.24) is 15.3 Å². The zero-order valence-corrected chi connectivity index (χ0v) is 18.6. The van der Waals surface area contributed by atoms with Crippen LogP contribution in [0.1, 0.15) is 59.0 Å². The van der Waals surface area contributed by atoms with E-state index in [4.69, 9.17) is 4.98 Å². The molecule has 1 aliphatic carbocycles. The van der Waals surface area contributed by atoms with Gasteiger partial charge < -0.3 is 10.2 Å². The Morgan fingerprint density at radius 2 is 1.76 bits per heavy atom. The molecular weight excluding hydrogens is 441 g/mol. The number of rotatable bonds is 4. The molecule has 1 aliphatic heterocycles. The number of hydrogen-bond donors (Lipinski definition) is 1. The Labute approximate surface area is 196 Å². The molecule has 2 aromatic heterocycles. The molecule has 8 heteroatoms. The van der Waals surface area contributed by atoms with Gasteiger partial charge in [-0.2, -0.15) is 13.2 Å². The van der Waals surface area contributed by atoms with Crippen molar-refractivity contribution in [3.8, 4) is 11.3 Å². The Hall–Kier alpha value is -3.42. The van der Waals surface area contributed by atoms with Crippen LogP contribution in [0.5, 0.6) is 0 Å². The third-order valence-electron chi connectivity index (χ3n) is 6.47. The highest BCUT2D eigenvalue weighted by Gasteiger charge is 2.31. The number of pyridine rings is 2. The maximum Gasteiger partial charge on any atom is 0.416 e. The number of hydrogen-bond acceptors (Lipinski definition) is 4. The quantitative estimate of drug-likeness (QED) is 0.546. The van der Waals surface area contributed by atoms with Gasteiger partial charge in [-0.15, -0.1) is 0 Å². The van der Waals surface area contributed by atoms with Crippen LogP contribution in [-0.4, -0.2) is 29.0 Å². The van der Waals surface area contributed by atoms with Crippen molar-refractivity contribution >= 4 is 11.7 Å². The Balaban J connectivity index is 1.40. The molecule has 1 fully saturated rings. The third-order valence-corrected chi connectivity index (χ3v) is 6.47. The number of aryl methyl sites for hydroxylation is 1. The predicted molar refractivity (Wildman–Crippen MR) is 124 cm³/mol. The minimum Gasteiger partial charge on any atom is -0.357 e. The summed E-state index contributed by atoms with van der Waals surface area (Å²) >= 11 is 0. The van der Waals surface area contributed by atoms with E-state index in [1.807, 2.05) is 18.2 Å². The van der Waals surface area contributed by atoms with Gasteiger partial charge in [0.05, 0.1) is 23.0 Å². The van der Waals surface area contributed by atoms with Crippen molar-refractivity contribution in [1.29, 1.82) is 0 Å². The van der Waals surface area contributed by atoms with E-state index >= 15 is 0 Å². The van der Waals surface area contributed by atoms with E-state index in [2.05, 4.69) is 15.2 Å². The minimum atomic E-state index is -4.42. The first-order chi connectivity index (χ1) is 16.4. The average Bonchev–Trinajstić information content (AvgIpc) is 3.39. The van der Waals surface area contributed by atoms with Crippen molar-refractivity contribution in [2.75, 3.05) is 18.0 Å². The summed E-state index contributed by atoms with van der Waals surface area (Å²) in [5.41, 5.74) is 2.22. The lowest BCUT2D eigenvalue weighted by Gasteiger charge is -2.26. The monoisotopic (exact) mass is 466 g/mol. The summed E-state index contributed by atoms with van der Waals surface area (Å²) in [6.07, 6.45) is 0.249. The molecule has 0 saturated carbocycles. The van der Waals surface area contributed by atoms with E-state index in [9.17, 15) is 18.0 Å². The van der Waals surface area contributed by atoms with Crippen LogP contribution in [0.4, 0.5) is 19.0 Å². The second kappa shape index (κ2) is 9.08. The molecule has 5 nitrogen and oxygen atoms in total. The largest absolute Gasteiger partial charge is 0.416 e. The van der Waals surface area contributed by atoms with E-state index in [-0.39, 0.29) is 11.9 Å². The molecule has 0 spiro atoms. The summed E-state index contributed by atoms with van der Waals surface area (Å²) in [5, 5.41) is 3.06. The lowest BCUT2D eigenvalue weighted by Crippen LogP contribution is -2.32. The Bertz CT molecular complexity index is 1200. The highest BCUT2D eigenvalue weighted by atomic mass is 19.4. The molecule has 3 aromatic rings. The summed E-state index contributed by atoms with van der Waals surface area (Å²) in [6, 6.07) is 14.0. The molecule has 1 saturated heterocycles. The van der Waals surface area contributed by atoms with Crippen LogP contribution < -0.4 is 10.2 Å². The van der Waals surface area contributed by atoms with Crippen molar-refractivity contribution in [2.24, 2.45) is 0 Å². The van der Waals surface area contributed by atoms with Gasteiger partial charge in [0.1, 0.15) is 11.5 Å². The van der Waals surface area contributed by atoms with Gasteiger partial charge in [0.2, 0.25) is 0 Å². The van der Waals surface area contributed by atoms with Crippen LogP contribution >= 0.6 is 0 Å². The molecule has 0 radical (unpaired) electrons. The fourth-order valence-corrected chi connectivity index (χ4v) is 4.71. The molecule has 3 heterocycles. The second-order valence-electron chi connectivity index (χ2n) is 8.81. The molecule has 1 aromatic carbocycles. The zero-order valence-electron chi connectivity index (χ0n) is 18.6. The Morgan fingerprint density at radius 3 is 2.56 bits per heavy atom. The van der Waals surface area contributed by atoms with Crippen LogP contribution in [0.2, 0.25) is 0 Å². The molecule has 176 valence electrons. The number of amides is 1. The maximum atomic E-state index is 13.2. The number of alkyl halides is 3. The molecule has 1 N–H and O–H groups in total. The summed E-state index contributed by atoms with van der Waals surface area (Å²) in [5.74, 6) is 0.532. The van der Waals surface area contributed by atoms with Gasteiger partial charge in [0.25, 0.3) is 5.91 Å². The number of nitrogens with one attached hydrogen (secondary N) is 1. The summed E-state index contributed by atoms with van der Waals surface area (Å²) in [4.78, 5) is 24.5. The van der Waals surface area contributed by atoms with Gasteiger partial charge in [-0.05, 0) is 68.0 Å². The van der Waals surface area contributed by atoms with Crippen molar-refractivity contribution in [3.63, 3.8) is 0 Å². The lowest BCUT2D eigenvalue weighted by atomic mass is 9.91. The molecule has 1 unspecified atom stereocenters. The molecule has 1 atom stereocenters. The summed E-state index contributed by atoms with van der Waals surface area (Å²) < 4.78 is 39.5. The minimum absolute atomic E-state index is 0.273. The topological polar surface area (TPSA) is 58.1 Å². The van der Waals surface area contributed by atoms with E-state index in [1.54, 1.807) is 18.2 Å². The highest BCUT2D eigenvalue weighted by Crippen LogP contribution is 2.34. The van der Waals surface area contributed by atoms with Crippen LogP contribution in [0, 0.1) is 0 Å². The highest BCUT2D eigenvalue weighted by molar-refractivity contribution is 5.93. The van der Waals surface area contributed by atoms with Crippen molar-refractivity contribution < 1.29 is 18.0 Å². The molecule has 5 rings (SSSR count). The van der Waals surface area contributed by atoms with Gasteiger partial charge in [-0.3, -0.25) is 9.78 Å². The van der Waals surface area contributed by atoms with Gasteiger partial charge in [-0.25, -0.2) is 4.98 Å². The Kier molecular flexibility index (Phi) is 5.98. The van der Waals surface area contributed by atoms with Gasteiger partial charge >= 0.3 is 6.18 Å². The summed E-state index contributed by atoms with van der Waals surface area (Å²) in [7, 11) is 0. The smallest absolute Gasteiger partial charge is 0.357 e. The van der Waals surface area contributed by atoms with E-state index < -0.39 is 11.7 Å². The molecule has 34 heavy (non-hydrogen) atoms. The summed E-state index contributed by atoms with van der Waals surface area (Å²) in [6.45, 7) is 1.88. The number of carbonyl (C=O) groups excluding carboxylic acids is 1. The molecule has 1 amide bonds. The maximum absolute atomic E-state index is 13.2. The number of halogens is 3. The van der Waals surface area contributed by atoms with E-state index in [1.165, 1.54) is 6.07 Å². The van der Waals surface area contributed by atoms with E-state index in [0.717, 1.165) is 62.3 Å². The third kappa shape index (κ3) is 4.62. The fraction of sp³-hybridized carbons (Fsp3) is 0.346. The number of benzene rings is 1. The van der Waals surface area contributed by atoms with Crippen molar-refractivity contribution in [2.45, 2.75) is 44.3 Å². The lowest BCUT2D eigenvalue weighted by molar-refractivity contribution is -0.137. The zero-order chi connectivity index (χ0) is 23.7. The van der Waals surface area contributed by atoms with Crippen LogP contribution in [0.25, 0.3) is 11.3 Å². The van der Waals surface area contributed by atoms with Crippen LogP contribution in [0.15, 0.2) is 54.6 Å². The Morgan fingerprint density at radius 1 is 0.971 bits per heavy atom. The second-order valence-corrected chi connectivity index (χ2v) is 8.81. The average molecular weight is 467 g/mol. The first kappa shape index (κ1) is 22.4. The molecule has 2 aliphatic rings. The SMILES string of the molecule is O=C(NC1CCCc2ccc(-c3cccc(C(F)(F)F)c3)nc21)c1cccc(N2CCCC2)n1. The van der Waals surface area contributed by atoms with Gasteiger partial charge in [-0.1, -0.05) is 24.3 Å². The first-order valence-electron chi connectivity index (χ1n) is 11.6. The predicted octanol–water partition coefficient (Wildman–Crippen LogP) is 5.57. The number of fused-ring (bicyclic) bond motifs is 1. The number of aromatic nitrogens is 2. The molecule has 0 bridgehead atoms. The standard InChI is InChI=1S/C26H25F3N4O/c27-26(28,29)19-8-3-7-18(16-19)20-13-12-17-6-4-9-21(24(17)31-20)32-25(34)22-10-5-11-23(30-22)33-14-1-2-15-33/h3,5,7-8,10-13,16,21H,1-2,4,6,9,14-15H2,(H,32,34). The van der Waals surface area contributed by atoms with Crippen LogP contribution in [-0.2, 0) is 12.6 Å². The first-order valence-corrected chi connectivity index (χ1v) is 11.6. The number of anilines is 1.